The number of aryl methyl sites for hydroxylation is 1. The number of epoxide rings is 1. The van der Waals surface area contributed by atoms with Crippen LogP contribution in [0.3, 0.4) is 0 Å². The van der Waals surface area contributed by atoms with E-state index in [1.54, 1.807) is 13.0 Å². The van der Waals surface area contributed by atoms with Gasteiger partial charge in [-0.3, -0.25) is 4.79 Å². The van der Waals surface area contributed by atoms with Gasteiger partial charge in [0, 0.05) is 60.1 Å². The molecule has 2 unspecified atom stereocenters. The van der Waals surface area contributed by atoms with E-state index in [-0.39, 0.29) is 64.1 Å². The smallest absolute Gasteiger partial charge is 0.341 e. The van der Waals surface area contributed by atoms with Crippen molar-refractivity contribution in [2.75, 3.05) is 0 Å². The molecule has 3 saturated heterocycles. The number of allylic oxidation sites excluding steroid dienone is 2. The predicted octanol–water partition coefficient (Wildman–Crippen LogP) is 5.09. The van der Waals surface area contributed by atoms with Gasteiger partial charge in [-0.25, -0.2) is 4.79 Å². The number of nitrogens with zero attached hydrogens (tertiary/aromatic N) is 1. The summed E-state index contributed by atoms with van der Waals surface area (Å²) in [7, 11) is 0. The summed E-state index contributed by atoms with van der Waals surface area (Å²) in [5.74, 6) is 1.28. The van der Waals surface area contributed by atoms with Crippen molar-refractivity contribution in [2.24, 2.45) is 23.3 Å². The number of phenols is 1. The average molecular weight is 761 g/mol. The lowest BCUT2D eigenvalue weighted by Crippen LogP contribution is -2.53. The van der Waals surface area contributed by atoms with E-state index < -0.39 is 17.3 Å². The maximum absolute atomic E-state index is 14.5. The number of carbonyl (C=O) groups excluding carboxylic acids is 1. The van der Waals surface area contributed by atoms with Gasteiger partial charge >= 0.3 is 5.97 Å². The van der Waals surface area contributed by atoms with Crippen molar-refractivity contribution in [1.29, 1.82) is 0 Å². The number of H-pyrrole nitrogens is 1. The highest BCUT2D eigenvalue weighted by atomic mass is 16.7. The normalized spacial score (nSPS) is 31.6. The van der Waals surface area contributed by atoms with Gasteiger partial charge in [-0.05, 0) is 94.6 Å². The van der Waals surface area contributed by atoms with Crippen LogP contribution in [-0.2, 0) is 20.8 Å². The highest BCUT2D eigenvalue weighted by Gasteiger charge is 2.69. The van der Waals surface area contributed by atoms with Crippen LogP contribution in [0.25, 0.3) is 21.9 Å². The van der Waals surface area contributed by atoms with Crippen LogP contribution in [0.4, 0.5) is 0 Å². The molecule has 13 heteroatoms. The largest absolute Gasteiger partial charge is 0.507 e. The zero-order valence-electron chi connectivity index (χ0n) is 31.8. The fraction of sp³-hybridized carbons (Fsp3) is 0.442. The summed E-state index contributed by atoms with van der Waals surface area (Å²) in [6, 6.07) is 4.96. The van der Waals surface area contributed by atoms with Crippen molar-refractivity contribution < 1.29 is 28.5 Å². The van der Waals surface area contributed by atoms with E-state index in [1.807, 2.05) is 32.2 Å². The van der Waals surface area contributed by atoms with E-state index in [1.165, 1.54) is 6.07 Å². The van der Waals surface area contributed by atoms with Crippen LogP contribution < -0.4 is 32.3 Å². The Balaban J connectivity index is 0.886. The highest BCUT2D eigenvalue weighted by Crippen LogP contribution is 2.60. The summed E-state index contributed by atoms with van der Waals surface area (Å²) in [4.78, 5) is 30.9. The monoisotopic (exact) mass is 760 g/mol. The van der Waals surface area contributed by atoms with Gasteiger partial charge in [0.15, 0.2) is 11.0 Å². The van der Waals surface area contributed by atoms with E-state index in [4.69, 9.17) is 30.1 Å². The van der Waals surface area contributed by atoms with Gasteiger partial charge in [0.2, 0.25) is 0 Å². The Labute approximate surface area is 323 Å². The zero-order valence-corrected chi connectivity index (χ0v) is 31.8. The van der Waals surface area contributed by atoms with Crippen molar-refractivity contribution in [3.8, 4) is 11.5 Å². The number of aromatic hydroxyl groups is 1. The van der Waals surface area contributed by atoms with E-state index in [0.29, 0.717) is 48.1 Å². The maximum Gasteiger partial charge on any atom is 0.341 e. The zero-order chi connectivity index (χ0) is 38.7. The summed E-state index contributed by atoms with van der Waals surface area (Å²) >= 11 is 0. The van der Waals surface area contributed by atoms with Crippen LogP contribution in [0, 0.1) is 18.8 Å². The Hall–Kier alpha value is -5.56. The van der Waals surface area contributed by atoms with Crippen molar-refractivity contribution in [2.45, 2.75) is 107 Å². The Morgan fingerprint density at radius 2 is 1.82 bits per heavy atom. The number of hydrogen-bond acceptors (Lipinski definition) is 11. The topological polar surface area (TPSA) is 195 Å². The number of benzene rings is 1. The second-order valence-electron chi connectivity index (χ2n) is 17.1. The molecule has 0 amide bonds. The van der Waals surface area contributed by atoms with E-state index in [2.05, 4.69) is 50.8 Å². The van der Waals surface area contributed by atoms with Crippen LogP contribution in [0.1, 0.15) is 69.6 Å². The fourth-order valence-electron chi connectivity index (χ4n) is 10.5. The number of nitrogens with one attached hydrogen (secondary N) is 3. The Kier molecular flexibility index (Phi) is 7.77. The second-order valence-corrected chi connectivity index (χ2v) is 17.1. The minimum absolute atomic E-state index is 0.00805. The van der Waals surface area contributed by atoms with Gasteiger partial charge in [0.25, 0.3) is 0 Å². The number of phenolic OH excluding ortho intramolecular Hbond substituents is 1. The van der Waals surface area contributed by atoms with Crippen LogP contribution in [-0.4, -0.2) is 56.1 Å². The molecule has 2 bridgehead atoms. The minimum Gasteiger partial charge on any atom is -0.507 e. The number of fused-ring (bicyclic) bond motifs is 6. The van der Waals surface area contributed by atoms with Crippen LogP contribution in [0.2, 0.25) is 0 Å². The number of esters is 1. The van der Waals surface area contributed by atoms with E-state index in [9.17, 15) is 14.7 Å². The van der Waals surface area contributed by atoms with Crippen LogP contribution >= 0.6 is 0 Å². The van der Waals surface area contributed by atoms with Crippen molar-refractivity contribution in [1.82, 2.24) is 20.2 Å². The first-order chi connectivity index (χ1) is 26.9. The standard InChI is InChI=1S/C43H48N6O7/c1-21-12-30(50)37-31(53-21)17-32-38(39(37)51)36-23-5-7-26(8-6-23)43(41(52)54-40(36)42(2,3)55-32)33(56-43)9-4-22-13-28(48-34(44)14-22)25-15-27(47-35(45)16-25)19-49-18-24-10-11-46-29(24)20-49/h10-18,20,23,26-28,33,36,40,46-48,51H,4-9,19,44-45H2,1-3H3/t23?,26?,27?,28?,33-,36+,40-,43+/m1/s1. The molecule has 56 heavy (non-hydrogen) atoms. The van der Waals surface area contributed by atoms with E-state index >= 15 is 0 Å². The SMILES string of the molecule is Cc1cc(=O)c2c(O)c3c(cc2o1)OC(C)(C)[C@@H]1OC(=O)[C@]2(O[C@@H]2CCC2=CC(C4=CC(Cn5cc6cc[nH]c6c5)NC(N)=C4)NC(N)=C2)C2CCC(CC2)[C@@H]31. The number of nitrogens with two attached hydrogens (primary N) is 2. The van der Waals surface area contributed by atoms with Gasteiger partial charge in [0.1, 0.15) is 39.9 Å². The lowest BCUT2D eigenvalue weighted by atomic mass is 9.66. The molecule has 8 N–H and O–H groups in total. The van der Waals surface area contributed by atoms with Gasteiger partial charge in [-0.2, -0.15) is 0 Å². The molecule has 11 rings (SSSR count). The maximum atomic E-state index is 14.5. The molecule has 1 aromatic carbocycles. The van der Waals surface area contributed by atoms with Gasteiger partial charge in [0.05, 0.1) is 35.3 Å². The lowest BCUT2D eigenvalue weighted by Gasteiger charge is -2.47. The molecule has 4 aromatic rings. The molecule has 1 saturated carbocycles. The first kappa shape index (κ1) is 34.9. The fourth-order valence-corrected chi connectivity index (χ4v) is 10.5. The van der Waals surface area contributed by atoms with Crippen LogP contribution in [0.15, 0.2) is 93.1 Å². The number of rotatable bonds is 6. The lowest BCUT2D eigenvalue weighted by molar-refractivity contribution is -0.172. The molecule has 1 aliphatic carbocycles. The van der Waals surface area contributed by atoms with E-state index in [0.717, 1.165) is 47.7 Å². The summed E-state index contributed by atoms with van der Waals surface area (Å²) in [5, 5.41) is 19.8. The molecule has 0 radical (unpaired) electrons. The van der Waals surface area contributed by atoms with Crippen LogP contribution in [0.5, 0.6) is 11.5 Å². The summed E-state index contributed by atoms with van der Waals surface area (Å²) in [5.41, 5.74) is 14.5. The number of dihydropyridines is 2. The van der Waals surface area contributed by atoms with Gasteiger partial charge < -0.3 is 55.4 Å². The summed E-state index contributed by atoms with van der Waals surface area (Å²) < 4.78 is 27.6. The first-order valence-corrected chi connectivity index (χ1v) is 19.8. The molecular formula is C43H48N6O7. The quantitative estimate of drug-likeness (QED) is 0.113. The molecule has 13 nitrogen and oxygen atoms in total. The molecule has 6 aliphatic heterocycles. The average Bonchev–Trinajstić information content (AvgIpc) is 3.48. The molecule has 1 spiro atoms. The number of aromatic amines is 1. The second kappa shape index (κ2) is 12.5. The minimum atomic E-state index is -1.05. The third-order valence-electron chi connectivity index (χ3n) is 13.0. The highest BCUT2D eigenvalue weighted by molar-refractivity contribution is 5.88. The Morgan fingerprint density at radius 3 is 2.62 bits per heavy atom. The number of ether oxygens (including phenoxy) is 3. The van der Waals surface area contributed by atoms with Crippen molar-refractivity contribution in [3.05, 3.63) is 105 Å². The third-order valence-corrected chi connectivity index (χ3v) is 13.0. The molecule has 6 atom stereocenters. The number of hydrogen-bond donors (Lipinski definition) is 6. The number of aromatic nitrogens is 2. The molecule has 3 aromatic heterocycles. The number of carbonyl (C=O) groups is 1. The molecule has 292 valence electrons. The van der Waals surface area contributed by atoms with Gasteiger partial charge in [-0.15, -0.1) is 0 Å². The van der Waals surface area contributed by atoms with Gasteiger partial charge in [-0.1, -0.05) is 12.2 Å². The molecule has 7 aliphatic rings. The van der Waals surface area contributed by atoms with Crippen molar-refractivity contribution >= 4 is 27.8 Å². The molecule has 4 fully saturated rings. The summed E-state index contributed by atoms with van der Waals surface area (Å²) in [6.07, 6.45) is 17.9. The Bertz CT molecular complexity index is 2450. The molecular weight excluding hydrogens is 713 g/mol. The Morgan fingerprint density at radius 1 is 1.02 bits per heavy atom. The molecule has 9 heterocycles. The predicted molar refractivity (Wildman–Crippen MR) is 209 cm³/mol. The first-order valence-electron chi connectivity index (χ1n) is 19.8. The van der Waals surface area contributed by atoms with Crippen molar-refractivity contribution in [3.63, 3.8) is 0 Å². The summed E-state index contributed by atoms with van der Waals surface area (Å²) in [6.45, 7) is 6.24. The third kappa shape index (κ3) is 5.61.